The summed E-state index contributed by atoms with van der Waals surface area (Å²) in [5.74, 6) is -1.22. The number of rotatable bonds is 3. The summed E-state index contributed by atoms with van der Waals surface area (Å²) in [6.45, 7) is 3.43. The van der Waals surface area contributed by atoms with Gasteiger partial charge in [0, 0.05) is 19.1 Å². The van der Waals surface area contributed by atoms with E-state index in [-0.39, 0.29) is 17.9 Å². The molecule has 1 unspecified atom stereocenters. The lowest BCUT2D eigenvalue weighted by atomic mass is 9.93. The molecule has 3 N–H and O–H groups in total. The van der Waals surface area contributed by atoms with Crippen molar-refractivity contribution in [2.45, 2.75) is 45.1 Å². The van der Waals surface area contributed by atoms with Crippen LogP contribution in [0, 0.1) is 17.8 Å². The Morgan fingerprint density at radius 1 is 1.21 bits per heavy atom. The fourth-order valence-corrected chi connectivity index (χ4v) is 3.38. The van der Waals surface area contributed by atoms with E-state index < -0.39 is 11.9 Å². The average molecular weight is 268 g/mol. The van der Waals surface area contributed by atoms with Crippen molar-refractivity contribution < 1.29 is 14.7 Å². The second-order valence-corrected chi connectivity index (χ2v) is 5.96. The van der Waals surface area contributed by atoms with Gasteiger partial charge in [-0.2, -0.15) is 0 Å². The Bertz CT molecular complexity index is 351. The largest absolute Gasteiger partial charge is 0.481 e. The first-order chi connectivity index (χ1) is 9.02. The van der Waals surface area contributed by atoms with Gasteiger partial charge in [0.2, 0.25) is 5.91 Å². The second-order valence-electron chi connectivity index (χ2n) is 5.96. The summed E-state index contributed by atoms with van der Waals surface area (Å²) < 4.78 is 0. The van der Waals surface area contributed by atoms with Crippen LogP contribution < -0.4 is 5.73 Å². The summed E-state index contributed by atoms with van der Waals surface area (Å²) in [4.78, 5) is 25.6. The van der Waals surface area contributed by atoms with Crippen molar-refractivity contribution in [2.75, 3.05) is 13.1 Å². The molecule has 0 bridgehead atoms. The van der Waals surface area contributed by atoms with Crippen LogP contribution in [0.5, 0.6) is 0 Å². The highest BCUT2D eigenvalue weighted by Gasteiger charge is 2.43. The van der Waals surface area contributed by atoms with Crippen LogP contribution >= 0.6 is 0 Å². The van der Waals surface area contributed by atoms with Crippen molar-refractivity contribution in [3.8, 4) is 0 Å². The van der Waals surface area contributed by atoms with Crippen molar-refractivity contribution in [2.24, 2.45) is 23.5 Å². The molecule has 1 saturated carbocycles. The van der Waals surface area contributed by atoms with Crippen molar-refractivity contribution in [1.82, 2.24) is 4.90 Å². The summed E-state index contributed by atoms with van der Waals surface area (Å²) in [5.41, 5.74) is 5.84. The minimum Gasteiger partial charge on any atom is -0.481 e. The van der Waals surface area contributed by atoms with Gasteiger partial charge >= 0.3 is 5.97 Å². The predicted octanol–water partition coefficient (Wildman–Crippen LogP) is 1.07. The number of nitrogens with two attached hydrogens (primary N) is 1. The van der Waals surface area contributed by atoms with Gasteiger partial charge in [-0.15, -0.1) is 0 Å². The maximum absolute atomic E-state index is 12.5. The number of carbonyl (C=O) groups excluding carboxylic acids is 1. The normalized spacial score (nSPS) is 32.5. The molecule has 108 valence electrons. The highest BCUT2D eigenvalue weighted by molar-refractivity contribution is 5.85. The van der Waals surface area contributed by atoms with Crippen molar-refractivity contribution >= 4 is 11.9 Å². The first-order valence-electron chi connectivity index (χ1n) is 7.30. The first kappa shape index (κ1) is 14.3. The minimum absolute atomic E-state index is 0.0373. The number of carboxylic acid groups (broad SMARTS) is 1. The third kappa shape index (κ3) is 3.08. The maximum atomic E-state index is 12.5. The van der Waals surface area contributed by atoms with Crippen LogP contribution in [0.2, 0.25) is 0 Å². The predicted molar refractivity (Wildman–Crippen MR) is 71.4 cm³/mol. The van der Waals surface area contributed by atoms with E-state index in [1.54, 1.807) is 0 Å². The SMILES string of the molecule is CCC1C[C@H](C(=O)N2CCC(N)CC2)[C@H](C(=O)O)C1. The summed E-state index contributed by atoms with van der Waals surface area (Å²) in [7, 11) is 0. The monoisotopic (exact) mass is 268 g/mol. The number of amides is 1. The third-order valence-electron chi connectivity index (χ3n) is 4.72. The zero-order chi connectivity index (χ0) is 14.0. The number of aliphatic carboxylic acids is 1. The summed E-state index contributed by atoms with van der Waals surface area (Å²) >= 11 is 0. The number of hydrogen-bond donors (Lipinski definition) is 2. The van der Waals surface area contributed by atoms with Gasteiger partial charge in [-0.1, -0.05) is 13.3 Å². The molecular weight excluding hydrogens is 244 g/mol. The van der Waals surface area contributed by atoms with Crippen LogP contribution in [0.1, 0.15) is 39.0 Å². The van der Waals surface area contributed by atoms with Crippen LogP contribution in [-0.4, -0.2) is 41.0 Å². The quantitative estimate of drug-likeness (QED) is 0.802. The molecule has 5 heteroatoms. The van der Waals surface area contributed by atoms with E-state index in [0.717, 1.165) is 25.7 Å². The van der Waals surface area contributed by atoms with Crippen LogP contribution in [0.25, 0.3) is 0 Å². The Morgan fingerprint density at radius 2 is 1.79 bits per heavy atom. The van der Waals surface area contributed by atoms with E-state index >= 15 is 0 Å². The molecule has 1 aliphatic heterocycles. The average Bonchev–Trinajstić information content (AvgIpc) is 2.83. The van der Waals surface area contributed by atoms with E-state index in [1.165, 1.54) is 0 Å². The van der Waals surface area contributed by atoms with E-state index in [9.17, 15) is 14.7 Å². The number of carbonyl (C=O) groups is 2. The smallest absolute Gasteiger partial charge is 0.307 e. The van der Waals surface area contributed by atoms with Crippen LogP contribution in [0.15, 0.2) is 0 Å². The lowest BCUT2D eigenvalue weighted by molar-refractivity contribution is -0.149. The van der Waals surface area contributed by atoms with E-state index in [1.807, 2.05) is 4.90 Å². The molecule has 1 saturated heterocycles. The zero-order valence-electron chi connectivity index (χ0n) is 11.5. The Morgan fingerprint density at radius 3 is 2.32 bits per heavy atom. The molecule has 0 aromatic carbocycles. The van der Waals surface area contributed by atoms with Crippen LogP contribution in [-0.2, 0) is 9.59 Å². The van der Waals surface area contributed by atoms with Crippen LogP contribution in [0.4, 0.5) is 0 Å². The molecule has 0 radical (unpaired) electrons. The van der Waals surface area contributed by atoms with E-state index in [0.29, 0.717) is 25.4 Å². The summed E-state index contributed by atoms with van der Waals surface area (Å²) in [6, 6.07) is 0.186. The van der Waals surface area contributed by atoms with Gasteiger partial charge in [0.1, 0.15) is 0 Å². The standard InChI is InChI=1S/C14H24N2O3/c1-2-9-7-11(12(8-9)14(18)19)13(17)16-5-3-10(15)4-6-16/h9-12H,2-8,15H2,1H3,(H,18,19)/t9?,11-,12+/m0/s1. The molecule has 3 atom stereocenters. The Labute approximate surface area is 114 Å². The number of carboxylic acids is 1. The van der Waals surface area contributed by atoms with Gasteiger partial charge in [-0.25, -0.2) is 0 Å². The van der Waals surface area contributed by atoms with Gasteiger partial charge in [0.05, 0.1) is 11.8 Å². The van der Waals surface area contributed by atoms with Crippen molar-refractivity contribution in [3.63, 3.8) is 0 Å². The number of hydrogen-bond acceptors (Lipinski definition) is 3. The minimum atomic E-state index is -0.817. The molecule has 2 fully saturated rings. The topological polar surface area (TPSA) is 83.6 Å². The molecular formula is C14H24N2O3. The van der Waals surface area contributed by atoms with Crippen molar-refractivity contribution in [1.29, 1.82) is 0 Å². The maximum Gasteiger partial charge on any atom is 0.307 e. The number of nitrogens with zero attached hydrogens (tertiary/aromatic N) is 1. The fraction of sp³-hybridized carbons (Fsp3) is 0.857. The third-order valence-corrected chi connectivity index (χ3v) is 4.72. The molecule has 5 nitrogen and oxygen atoms in total. The van der Waals surface area contributed by atoms with Gasteiger partial charge < -0.3 is 15.7 Å². The lowest BCUT2D eigenvalue weighted by Gasteiger charge is -2.33. The molecule has 0 spiro atoms. The number of piperidine rings is 1. The van der Waals surface area contributed by atoms with Gasteiger partial charge in [-0.05, 0) is 31.6 Å². The first-order valence-corrected chi connectivity index (χ1v) is 7.30. The zero-order valence-corrected chi connectivity index (χ0v) is 11.5. The highest BCUT2D eigenvalue weighted by Crippen LogP contribution is 2.39. The second kappa shape index (κ2) is 5.90. The molecule has 1 heterocycles. The molecule has 0 aromatic rings. The van der Waals surface area contributed by atoms with Gasteiger partial charge in [0.25, 0.3) is 0 Å². The number of likely N-dealkylation sites (tertiary alicyclic amines) is 1. The van der Waals surface area contributed by atoms with Crippen LogP contribution in [0.3, 0.4) is 0 Å². The van der Waals surface area contributed by atoms with Crippen molar-refractivity contribution in [3.05, 3.63) is 0 Å². The summed E-state index contributed by atoms with van der Waals surface area (Å²) in [5, 5.41) is 9.30. The molecule has 19 heavy (non-hydrogen) atoms. The molecule has 1 aliphatic carbocycles. The Hall–Kier alpha value is -1.10. The molecule has 0 aromatic heterocycles. The highest BCUT2D eigenvalue weighted by atomic mass is 16.4. The molecule has 1 amide bonds. The van der Waals surface area contributed by atoms with E-state index in [2.05, 4.69) is 6.92 Å². The molecule has 2 aliphatic rings. The lowest BCUT2D eigenvalue weighted by Crippen LogP contribution is -2.46. The Balaban J connectivity index is 2.02. The van der Waals surface area contributed by atoms with E-state index in [4.69, 9.17) is 5.73 Å². The van der Waals surface area contributed by atoms with Gasteiger partial charge in [-0.3, -0.25) is 9.59 Å². The van der Waals surface area contributed by atoms with Gasteiger partial charge in [0.15, 0.2) is 0 Å². The summed E-state index contributed by atoms with van der Waals surface area (Å²) in [6.07, 6.45) is 3.99. The Kier molecular flexibility index (Phi) is 4.45. The fourth-order valence-electron chi connectivity index (χ4n) is 3.38. The molecule has 2 rings (SSSR count).